The van der Waals surface area contributed by atoms with Crippen molar-refractivity contribution in [2.75, 3.05) is 7.11 Å². The number of rotatable bonds is 9. The van der Waals surface area contributed by atoms with Crippen molar-refractivity contribution in [2.24, 2.45) is 0 Å². The fourth-order valence-electron chi connectivity index (χ4n) is 3.35. The maximum Gasteiger partial charge on any atom is 0.243 e. The fraction of sp³-hybridized carbons (Fsp3) is 0.280. The Hall–Kier alpha value is -2.72. The average molecular weight is 503 g/mol. The summed E-state index contributed by atoms with van der Waals surface area (Å²) < 4.78 is 61.5. The molecule has 0 aliphatic carbocycles. The van der Waals surface area contributed by atoms with Gasteiger partial charge in [0.25, 0.3) is 0 Å². The first-order valence-corrected chi connectivity index (χ1v) is 13.6. The van der Waals surface area contributed by atoms with E-state index in [1.165, 1.54) is 28.6 Å². The molecule has 0 atom stereocenters. The Morgan fingerprint density at radius 2 is 1.24 bits per heavy atom. The number of methoxy groups -OCH3 is 1. The molecule has 182 valence electrons. The summed E-state index contributed by atoms with van der Waals surface area (Å²) in [5.74, 6) is 0.682. The van der Waals surface area contributed by atoms with Crippen LogP contribution >= 0.6 is 0 Å². The van der Waals surface area contributed by atoms with Crippen LogP contribution in [0, 0.1) is 0 Å². The predicted octanol–water partition coefficient (Wildman–Crippen LogP) is 4.16. The third-order valence-electron chi connectivity index (χ3n) is 4.93. The minimum Gasteiger partial charge on any atom is -0.497 e. The van der Waals surface area contributed by atoms with Crippen LogP contribution in [-0.4, -0.2) is 33.8 Å². The van der Waals surface area contributed by atoms with Gasteiger partial charge in [0, 0.05) is 18.6 Å². The summed E-state index contributed by atoms with van der Waals surface area (Å²) in [6, 6.07) is 21.8. The standard InChI is InChI=1S/C25H30N2O5S2/c1-25(2,3)26-33(28,29)23-14-16-24(17-15-23)34(30,31)27(18-20-8-6-5-7-9-20)19-21-10-12-22(32-4)13-11-21/h5-17,26H,18-19H2,1-4H3. The van der Waals surface area contributed by atoms with Crippen LogP contribution < -0.4 is 9.46 Å². The molecule has 34 heavy (non-hydrogen) atoms. The van der Waals surface area contributed by atoms with Crippen molar-refractivity contribution >= 4 is 20.0 Å². The van der Waals surface area contributed by atoms with E-state index in [1.54, 1.807) is 40.0 Å². The second-order valence-electron chi connectivity index (χ2n) is 8.93. The molecule has 0 radical (unpaired) electrons. The van der Waals surface area contributed by atoms with Gasteiger partial charge in [-0.3, -0.25) is 0 Å². The van der Waals surface area contributed by atoms with Gasteiger partial charge in [0.05, 0.1) is 16.9 Å². The van der Waals surface area contributed by atoms with E-state index in [0.717, 1.165) is 11.1 Å². The van der Waals surface area contributed by atoms with Crippen molar-refractivity contribution in [2.45, 2.75) is 49.2 Å². The van der Waals surface area contributed by atoms with Crippen LogP contribution in [0.3, 0.4) is 0 Å². The number of hydrogen-bond acceptors (Lipinski definition) is 5. The first-order chi connectivity index (χ1) is 15.9. The van der Waals surface area contributed by atoms with Crippen molar-refractivity contribution in [3.63, 3.8) is 0 Å². The molecule has 0 heterocycles. The van der Waals surface area contributed by atoms with E-state index >= 15 is 0 Å². The molecular formula is C25H30N2O5S2. The molecule has 1 N–H and O–H groups in total. The van der Waals surface area contributed by atoms with Gasteiger partial charge >= 0.3 is 0 Å². The number of benzene rings is 3. The normalized spacial score (nSPS) is 12.6. The molecule has 0 aromatic heterocycles. The summed E-state index contributed by atoms with van der Waals surface area (Å²) in [6.07, 6.45) is 0. The number of nitrogens with zero attached hydrogens (tertiary/aromatic N) is 1. The van der Waals surface area contributed by atoms with Crippen LogP contribution in [0.4, 0.5) is 0 Å². The monoisotopic (exact) mass is 502 g/mol. The van der Waals surface area contributed by atoms with Crippen molar-refractivity contribution in [1.29, 1.82) is 0 Å². The zero-order valence-electron chi connectivity index (χ0n) is 19.7. The molecule has 0 aliphatic rings. The van der Waals surface area contributed by atoms with Gasteiger partial charge in [0.15, 0.2) is 0 Å². The summed E-state index contributed by atoms with van der Waals surface area (Å²) >= 11 is 0. The smallest absolute Gasteiger partial charge is 0.243 e. The van der Waals surface area contributed by atoms with Gasteiger partial charge in [-0.25, -0.2) is 21.6 Å². The Kier molecular flexibility index (Phi) is 7.82. The van der Waals surface area contributed by atoms with Crippen molar-refractivity contribution < 1.29 is 21.6 Å². The third kappa shape index (κ3) is 6.66. The summed E-state index contributed by atoms with van der Waals surface area (Å²) in [5, 5.41) is 0. The lowest BCUT2D eigenvalue weighted by molar-refractivity contribution is 0.399. The van der Waals surface area contributed by atoms with Crippen LogP contribution in [0.15, 0.2) is 88.7 Å². The van der Waals surface area contributed by atoms with E-state index in [9.17, 15) is 16.8 Å². The topological polar surface area (TPSA) is 92.8 Å². The van der Waals surface area contributed by atoms with Crippen molar-refractivity contribution in [3.8, 4) is 5.75 Å². The van der Waals surface area contributed by atoms with Crippen LogP contribution in [0.1, 0.15) is 31.9 Å². The van der Waals surface area contributed by atoms with Gasteiger partial charge in [-0.1, -0.05) is 42.5 Å². The molecule has 3 aromatic carbocycles. The minimum absolute atomic E-state index is 0.00568. The quantitative estimate of drug-likeness (QED) is 0.474. The van der Waals surface area contributed by atoms with Gasteiger partial charge in [-0.2, -0.15) is 4.31 Å². The molecule has 0 saturated carbocycles. The summed E-state index contributed by atoms with van der Waals surface area (Å²) in [6.45, 7) is 5.53. The molecule has 0 spiro atoms. The zero-order valence-corrected chi connectivity index (χ0v) is 21.4. The molecule has 0 fully saturated rings. The second kappa shape index (κ2) is 10.3. The molecule has 0 amide bonds. The minimum atomic E-state index is -3.92. The third-order valence-corrected chi connectivity index (χ3v) is 8.51. The SMILES string of the molecule is COc1ccc(CN(Cc2ccccc2)S(=O)(=O)c2ccc(S(=O)(=O)NC(C)(C)C)cc2)cc1. The number of sulfonamides is 2. The molecule has 3 aromatic rings. The predicted molar refractivity (Wildman–Crippen MR) is 132 cm³/mol. The average Bonchev–Trinajstić information content (AvgIpc) is 2.78. The molecule has 0 saturated heterocycles. The fourth-order valence-corrected chi connectivity index (χ4v) is 6.18. The lowest BCUT2D eigenvalue weighted by Crippen LogP contribution is -2.40. The van der Waals surface area contributed by atoms with Crippen molar-refractivity contribution in [1.82, 2.24) is 9.03 Å². The van der Waals surface area contributed by atoms with Gasteiger partial charge in [0.1, 0.15) is 5.75 Å². The van der Waals surface area contributed by atoms with E-state index in [0.29, 0.717) is 5.75 Å². The van der Waals surface area contributed by atoms with Gasteiger partial charge in [-0.15, -0.1) is 0 Å². The molecule has 7 nitrogen and oxygen atoms in total. The van der Waals surface area contributed by atoms with Gasteiger partial charge in [0.2, 0.25) is 20.0 Å². The summed E-state index contributed by atoms with van der Waals surface area (Å²) in [5.41, 5.74) is 0.982. The highest BCUT2D eigenvalue weighted by atomic mass is 32.2. The Morgan fingerprint density at radius 3 is 1.74 bits per heavy atom. The molecule has 0 aliphatic heterocycles. The van der Waals surface area contributed by atoms with E-state index in [2.05, 4.69) is 4.72 Å². The highest BCUT2D eigenvalue weighted by Gasteiger charge is 2.27. The van der Waals surface area contributed by atoms with Crippen LogP contribution in [-0.2, 0) is 33.1 Å². The zero-order chi connectivity index (χ0) is 25.0. The Morgan fingerprint density at radius 1 is 0.735 bits per heavy atom. The van der Waals surface area contributed by atoms with Gasteiger partial charge in [-0.05, 0) is 68.3 Å². The molecule has 0 bridgehead atoms. The van der Waals surface area contributed by atoms with E-state index in [1.807, 2.05) is 42.5 Å². The summed E-state index contributed by atoms with van der Waals surface area (Å²) in [4.78, 5) is 0.0257. The Balaban J connectivity index is 1.93. The number of ether oxygens (including phenoxy) is 1. The van der Waals surface area contributed by atoms with Crippen LogP contribution in [0.5, 0.6) is 5.75 Å². The first kappa shape index (κ1) is 25.9. The van der Waals surface area contributed by atoms with E-state index < -0.39 is 25.6 Å². The lowest BCUT2D eigenvalue weighted by atomic mass is 10.1. The maximum absolute atomic E-state index is 13.6. The van der Waals surface area contributed by atoms with Crippen molar-refractivity contribution in [3.05, 3.63) is 90.0 Å². The largest absolute Gasteiger partial charge is 0.497 e. The molecule has 9 heteroatoms. The molecule has 3 rings (SSSR count). The first-order valence-electron chi connectivity index (χ1n) is 10.7. The van der Waals surface area contributed by atoms with E-state index in [-0.39, 0.29) is 22.9 Å². The van der Waals surface area contributed by atoms with Gasteiger partial charge < -0.3 is 4.74 Å². The second-order valence-corrected chi connectivity index (χ2v) is 12.6. The molecular weight excluding hydrogens is 472 g/mol. The number of hydrogen-bond donors (Lipinski definition) is 1. The Bertz CT molecular complexity index is 1300. The van der Waals surface area contributed by atoms with E-state index in [4.69, 9.17) is 4.74 Å². The number of nitrogens with one attached hydrogen (secondary N) is 1. The summed E-state index contributed by atoms with van der Waals surface area (Å²) in [7, 11) is -6.13. The maximum atomic E-state index is 13.6. The lowest BCUT2D eigenvalue weighted by Gasteiger charge is -2.23. The van der Waals surface area contributed by atoms with Crippen LogP contribution in [0.2, 0.25) is 0 Å². The highest BCUT2D eigenvalue weighted by Crippen LogP contribution is 2.24. The molecule has 0 unspecified atom stereocenters. The highest BCUT2D eigenvalue weighted by molar-refractivity contribution is 7.89. The Labute approximate surface area is 202 Å². The van der Waals surface area contributed by atoms with Crippen LogP contribution in [0.25, 0.3) is 0 Å².